The van der Waals surface area contributed by atoms with E-state index in [1.165, 1.54) is 4.57 Å². The Morgan fingerprint density at radius 3 is 2.71 bits per heavy atom. The molecule has 1 aromatic rings. The van der Waals surface area contributed by atoms with Crippen LogP contribution in [-0.2, 0) is 11.3 Å². The van der Waals surface area contributed by atoms with E-state index in [0.717, 1.165) is 17.0 Å². The molecule has 0 atom stereocenters. The summed E-state index contributed by atoms with van der Waals surface area (Å²) in [5.41, 5.74) is 0.0873. The van der Waals surface area contributed by atoms with Gasteiger partial charge in [0.05, 0.1) is 18.7 Å². The van der Waals surface area contributed by atoms with Crippen LogP contribution in [0.2, 0.25) is 0 Å². The molecular weight excluding hydrogens is 240 g/mol. The average Bonchev–Trinajstić information content (AvgIpc) is 2.56. The van der Waals surface area contributed by atoms with Crippen LogP contribution < -0.4 is 4.87 Å². The molecule has 0 bridgehead atoms. The Balaban J connectivity index is 1.98. The molecule has 17 heavy (non-hydrogen) atoms. The van der Waals surface area contributed by atoms with Crippen LogP contribution in [-0.4, -0.2) is 39.2 Å². The van der Waals surface area contributed by atoms with Gasteiger partial charge in [-0.15, -0.1) is 0 Å². The largest absolute Gasteiger partial charge is 0.386 e. The van der Waals surface area contributed by atoms with E-state index in [1.807, 2.05) is 13.8 Å². The molecule has 0 saturated carbocycles. The molecule has 1 amide bonds. The fourth-order valence-corrected chi connectivity index (χ4v) is 2.63. The summed E-state index contributed by atoms with van der Waals surface area (Å²) in [5.74, 6) is -0.105. The third-order valence-electron chi connectivity index (χ3n) is 3.25. The SMILES string of the molecule is CCC1(O)CN(C(=O)Cn2c(C)csc2=O)C1. The summed E-state index contributed by atoms with van der Waals surface area (Å²) >= 11 is 1.10. The number of hydrogen-bond donors (Lipinski definition) is 1. The summed E-state index contributed by atoms with van der Waals surface area (Å²) in [5, 5.41) is 11.6. The van der Waals surface area contributed by atoms with Crippen LogP contribution in [0.3, 0.4) is 0 Å². The average molecular weight is 256 g/mol. The van der Waals surface area contributed by atoms with Gasteiger partial charge in [-0.1, -0.05) is 18.3 Å². The van der Waals surface area contributed by atoms with E-state index in [1.54, 1.807) is 10.3 Å². The molecule has 0 unspecified atom stereocenters. The van der Waals surface area contributed by atoms with Gasteiger partial charge in [-0.25, -0.2) is 0 Å². The van der Waals surface area contributed by atoms with Gasteiger partial charge in [0.15, 0.2) is 0 Å². The number of thiazole rings is 1. The van der Waals surface area contributed by atoms with Crippen LogP contribution in [0.5, 0.6) is 0 Å². The van der Waals surface area contributed by atoms with Gasteiger partial charge in [-0.2, -0.15) is 0 Å². The molecule has 1 aromatic heterocycles. The number of aliphatic hydroxyl groups is 1. The quantitative estimate of drug-likeness (QED) is 0.840. The van der Waals surface area contributed by atoms with Gasteiger partial charge in [-0.3, -0.25) is 14.2 Å². The maximum absolute atomic E-state index is 11.9. The van der Waals surface area contributed by atoms with Gasteiger partial charge >= 0.3 is 4.87 Å². The Labute approximate surface area is 103 Å². The van der Waals surface area contributed by atoms with Crippen molar-refractivity contribution >= 4 is 17.2 Å². The predicted octanol–water partition coefficient (Wildman–Crippen LogP) is 0.202. The Kier molecular flexibility index (Phi) is 3.09. The fraction of sp³-hybridized carbons (Fsp3) is 0.636. The number of aryl methyl sites for hydroxylation is 1. The third kappa shape index (κ3) is 2.28. The Hall–Kier alpha value is -1.14. The molecule has 2 rings (SSSR count). The highest BCUT2D eigenvalue weighted by Gasteiger charge is 2.41. The van der Waals surface area contributed by atoms with Crippen LogP contribution in [0.25, 0.3) is 0 Å². The summed E-state index contributed by atoms with van der Waals surface area (Å²) in [6, 6.07) is 0. The summed E-state index contributed by atoms with van der Waals surface area (Å²) in [7, 11) is 0. The lowest BCUT2D eigenvalue weighted by Gasteiger charge is -2.46. The highest BCUT2D eigenvalue weighted by atomic mass is 32.1. The summed E-state index contributed by atoms with van der Waals surface area (Å²) in [4.78, 5) is 24.8. The van der Waals surface area contributed by atoms with Crippen molar-refractivity contribution in [1.29, 1.82) is 0 Å². The van der Waals surface area contributed by atoms with Crippen molar-refractivity contribution in [2.45, 2.75) is 32.4 Å². The normalized spacial score (nSPS) is 17.9. The van der Waals surface area contributed by atoms with Gasteiger partial charge in [-0.05, 0) is 13.3 Å². The number of carbonyl (C=O) groups is 1. The Morgan fingerprint density at radius 1 is 1.59 bits per heavy atom. The van der Waals surface area contributed by atoms with Gasteiger partial charge < -0.3 is 10.0 Å². The molecule has 6 heteroatoms. The lowest BCUT2D eigenvalue weighted by Crippen LogP contribution is -2.63. The van der Waals surface area contributed by atoms with Crippen LogP contribution >= 0.6 is 11.3 Å². The molecule has 5 nitrogen and oxygen atoms in total. The molecule has 1 N–H and O–H groups in total. The number of rotatable bonds is 3. The van der Waals surface area contributed by atoms with Gasteiger partial charge in [0.1, 0.15) is 6.54 Å². The first-order valence-corrected chi connectivity index (χ1v) is 6.48. The van der Waals surface area contributed by atoms with E-state index >= 15 is 0 Å². The maximum Gasteiger partial charge on any atom is 0.307 e. The molecule has 0 radical (unpaired) electrons. The van der Waals surface area contributed by atoms with E-state index in [0.29, 0.717) is 19.5 Å². The third-order valence-corrected chi connectivity index (χ3v) is 4.13. The minimum Gasteiger partial charge on any atom is -0.386 e. The van der Waals surface area contributed by atoms with Crippen LogP contribution in [0.4, 0.5) is 0 Å². The van der Waals surface area contributed by atoms with Crippen LogP contribution in [0.15, 0.2) is 10.2 Å². The molecule has 1 aliphatic rings. The predicted molar refractivity (Wildman–Crippen MR) is 65.1 cm³/mol. The fourth-order valence-electron chi connectivity index (χ4n) is 1.90. The molecule has 94 valence electrons. The first kappa shape index (κ1) is 12.3. The van der Waals surface area contributed by atoms with Crippen molar-refractivity contribution in [1.82, 2.24) is 9.47 Å². The van der Waals surface area contributed by atoms with Crippen molar-refractivity contribution < 1.29 is 9.90 Å². The van der Waals surface area contributed by atoms with Crippen molar-refractivity contribution in [3.8, 4) is 0 Å². The number of β-amino-alcohol motifs (C(OH)–C–C–N with tert-alkyl or cyclic N) is 1. The zero-order valence-electron chi connectivity index (χ0n) is 9.97. The molecule has 1 saturated heterocycles. The zero-order chi connectivity index (χ0) is 12.6. The topological polar surface area (TPSA) is 62.5 Å². The maximum atomic E-state index is 11.9. The monoisotopic (exact) mass is 256 g/mol. The van der Waals surface area contributed by atoms with Gasteiger partial charge in [0.2, 0.25) is 5.91 Å². The van der Waals surface area contributed by atoms with E-state index in [2.05, 4.69) is 0 Å². The van der Waals surface area contributed by atoms with Crippen molar-refractivity contribution in [2.75, 3.05) is 13.1 Å². The van der Waals surface area contributed by atoms with Gasteiger partial charge in [0, 0.05) is 11.1 Å². The molecular formula is C11H16N2O3S. The van der Waals surface area contributed by atoms with Crippen LogP contribution in [0, 0.1) is 6.92 Å². The highest BCUT2D eigenvalue weighted by Crippen LogP contribution is 2.24. The Bertz CT molecular complexity index is 485. The molecule has 0 aromatic carbocycles. The molecule has 0 spiro atoms. The van der Waals surface area contributed by atoms with E-state index in [9.17, 15) is 14.7 Å². The second kappa shape index (κ2) is 4.27. The number of hydrogen-bond acceptors (Lipinski definition) is 4. The number of carbonyl (C=O) groups excluding carboxylic acids is 1. The van der Waals surface area contributed by atoms with E-state index in [4.69, 9.17) is 0 Å². The highest BCUT2D eigenvalue weighted by molar-refractivity contribution is 7.07. The van der Waals surface area contributed by atoms with Crippen molar-refractivity contribution in [3.05, 3.63) is 20.7 Å². The molecule has 2 heterocycles. The minimum absolute atomic E-state index is 0.0773. The van der Waals surface area contributed by atoms with E-state index in [-0.39, 0.29) is 17.3 Å². The summed E-state index contributed by atoms with van der Waals surface area (Å²) < 4.78 is 1.47. The lowest BCUT2D eigenvalue weighted by molar-refractivity contribution is -0.156. The molecule has 1 aliphatic heterocycles. The van der Waals surface area contributed by atoms with E-state index < -0.39 is 5.60 Å². The minimum atomic E-state index is -0.718. The number of nitrogens with zero attached hydrogens (tertiary/aromatic N) is 2. The second-order valence-electron chi connectivity index (χ2n) is 4.56. The molecule has 1 fully saturated rings. The van der Waals surface area contributed by atoms with Crippen molar-refractivity contribution in [2.24, 2.45) is 0 Å². The van der Waals surface area contributed by atoms with Gasteiger partial charge in [0.25, 0.3) is 0 Å². The molecule has 0 aliphatic carbocycles. The number of amides is 1. The summed E-state index contributed by atoms with van der Waals surface area (Å²) in [6.45, 7) is 4.54. The smallest absolute Gasteiger partial charge is 0.307 e. The number of aromatic nitrogens is 1. The first-order valence-electron chi connectivity index (χ1n) is 5.60. The van der Waals surface area contributed by atoms with Crippen LogP contribution in [0.1, 0.15) is 19.0 Å². The first-order chi connectivity index (χ1) is 7.95. The Morgan fingerprint density at radius 2 is 2.24 bits per heavy atom. The van der Waals surface area contributed by atoms with Crippen molar-refractivity contribution in [3.63, 3.8) is 0 Å². The number of likely N-dealkylation sites (tertiary alicyclic amines) is 1. The zero-order valence-corrected chi connectivity index (χ0v) is 10.8. The second-order valence-corrected chi connectivity index (χ2v) is 5.38. The summed E-state index contributed by atoms with van der Waals surface area (Å²) in [6.07, 6.45) is 0.647. The lowest BCUT2D eigenvalue weighted by atomic mass is 9.91. The standard InChI is InChI=1S/C11H16N2O3S/c1-3-11(16)6-12(7-11)9(14)4-13-8(2)5-17-10(13)15/h5,16H,3-4,6-7H2,1-2H3.